The van der Waals surface area contributed by atoms with E-state index in [2.05, 4.69) is 15.3 Å². The first-order valence-corrected chi connectivity index (χ1v) is 10.8. The lowest BCUT2D eigenvalue weighted by atomic mass is 10.1. The second-order valence-electron chi connectivity index (χ2n) is 7.71. The molecular weight excluding hydrogens is 458 g/mol. The first-order chi connectivity index (χ1) is 16.4. The monoisotopic (exact) mass is 474 g/mol. The summed E-state index contributed by atoms with van der Waals surface area (Å²) in [5, 5.41) is 3.00. The van der Waals surface area contributed by atoms with E-state index >= 15 is 0 Å². The average molecular weight is 475 g/mol. The summed E-state index contributed by atoms with van der Waals surface area (Å²) >= 11 is 6.29. The van der Waals surface area contributed by atoms with Gasteiger partial charge in [0.1, 0.15) is 11.5 Å². The molecule has 8 heteroatoms. The number of anilines is 1. The number of nitrogens with one attached hydrogen (secondary N) is 1. The van der Waals surface area contributed by atoms with Gasteiger partial charge in [0, 0.05) is 17.4 Å². The lowest BCUT2D eigenvalue weighted by Gasteiger charge is -2.10. The van der Waals surface area contributed by atoms with E-state index in [1.807, 2.05) is 19.1 Å². The first-order valence-electron chi connectivity index (χ1n) is 10.4. The number of carbonyl (C=O) groups excluding carboxylic acids is 1. The largest absolute Gasteiger partial charge is 0.321 e. The van der Waals surface area contributed by atoms with Crippen LogP contribution in [0.4, 0.5) is 14.5 Å². The van der Waals surface area contributed by atoms with Gasteiger partial charge >= 0.3 is 0 Å². The molecular formula is C26H17ClF2N4O. The molecule has 0 spiro atoms. The predicted molar refractivity (Wildman–Crippen MR) is 128 cm³/mol. The van der Waals surface area contributed by atoms with Gasteiger partial charge in [0.2, 0.25) is 0 Å². The summed E-state index contributed by atoms with van der Waals surface area (Å²) in [5.74, 6) is -2.12. The average Bonchev–Trinajstić information content (AvgIpc) is 3.27. The molecule has 0 saturated heterocycles. The Morgan fingerprint density at radius 3 is 2.53 bits per heavy atom. The summed E-state index contributed by atoms with van der Waals surface area (Å²) in [7, 11) is 0. The third-order valence-electron chi connectivity index (χ3n) is 5.41. The fourth-order valence-corrected chi connectivity index (χ4v) is 3.88. The van der Waals surface area contributed by atoms with Gasteiger partial charge in [0.25, 0.3) is 5.91 Å². The molecule has 168 valence electrons. The van der Waals surface area contributed by atoms with E-state index in [1.165, 1.54) is 12.1 Å². The molecule has 3 aromatic heterocycles. The van der Waals surface area contributed by atoms with Crippen molar-refractivity contribution in [2.75, 3.05) is 5.32 Å². The minimum atomic E-state index is -0.972. The summed E-state index contributed by atoms with van der Waals surface area (Å²) in [6.45, 7) is 1.96. The molecule has 0 aliphatic rings. The lowest BCUT2D eigenvalue weighted by molar-refractivity contribution is 0.102. The van der Waals surface area contributed by atoms with Crippen LogP contribution in [-0.2, 0) is 0 Å². The van der Waals surface area contributed by atoms with Crippen LogP contribution in [0.5, 0.6) is 0 Å². The van der Waals surface area contributed by atoms with Gasteiger partial charge in [0.15, 0.2) is 11.6 Å². The van der Waals surface area contributed by atoms with Crippen molar-refractivity contribution in [1.29, 1.82) is 0 Å². The van der Waals surface area contributed by atoms with Crippen molar-refractivity contribution in [2.45, 2.75) is 6.92 Å². The number of fused-ring (bicyclic) bond motifs is 1. The molecule has 5 aromatic rings. The molecule has 0 unspecified atom stereocenters. The number of aryl methyl sites for hydroxylation is 1. The van der Waals surface area contributed by atoms with Crippen LogP contribution in [0.25, 0.3) is 28.2 Å². The molecule has 0 saturated carbocycles. The number of carbonyl (C=O) groups is 1. The minimum Gasteiger partial charge on any atom is -0.321 e. The maximum Gasteiger partial charge on any atom is 0.275 e. The number of aromatic nitrogens is 3. The van der Waals surface area contributed by atoms with Crippen LogP contribution in [-0.4, -0.2) is 20.3 Å². The Labute approximate surface area is 198 Å². The number of benzene rings is 2. The maximum atomic E-state index is 14.4. The van der Waals surface area contributed by atoms with Crippen molar-refractivity contribution in [3.05, 3.63) is 107 Å². The van der Waals surface area contributed by atoms with Crippen molar-refractivity contribution in [3.63, 3.8) is 0 Å². The topological polar surface area (TPSA) is 59.3 Å². The number of hydrogen-bond acceptors (Lipinski definition) is 3. The lowest BCUT2D eigenvalue weighted by Crippen LogP contribution is -2.14. The van der Waals surface area contributed by atoms with Crippen molar-refractivity contribution in [3.8, 4) is 22.6 Å². The SMILES string of the molecule is Cc1ccc(NC(=O)c2nc(-c3cccn4c(-c5cccc(F)c5F)ncc34)ccc2Cl)cc1. The summed E-state index contributed by atoms with van der Waals surface area (Å²) in [5.41, 5.74) is 3.55. The van der Waals surface area contributed by atoms with Crippen LogP contribution < -0.4 is 5.32 Å². The molecule has 5 nitrogen and oxygen atoms in total. The van der Waals surface area contributed by atoms with E-state index in [9.17, 15) is 13.6 Å². The van der Waals surface area contributed by atoms with Gasteiger partial charge in [-0.05, 0) is 55.5 Å². The first kappa shape index (κ1) is 21.7. The molecule has 0 atom stereocenters. The van der Waals surface area contributed by atoms with Gasteiger partial charge in [0.05, 0.1) is 28.0 Å². The molecule has 0 fully saturated rings. The zero-order chi connectivity index (χ0) is 23.8. The Hall–Kier alpha value is -4.10. The van der Waals surface area contributed by atoms with Crippen LogP contribution in [0.2, 0.25) is 5.02 Å². The summed E-state index contributed by atoms with van der Waals surface area (Å²) < 4.78 is 29.8. The highest BCUT2D eigenvalue weighted by atomic mass is 35.5. The van der Waals surface area contributed by atoms with Gasteiger partial charge < -0.3 is 5.32 Å². The highest BCUT2D eigenvalue weighted by molar-refractivity contribution is 6.34. The molecule has 0 aliphatic heterocycles. The third-order valence-corrected chi connectivity index (χ3v) is 5.71. The summed E-state index contributed by atoms with van der Waals surface area (Å²) in [4.78, 5) is 21.7. The molecule has 0 radical (unpaired) electrons. The highest BCUT2D eigenvalue weighted by Gasteiger charge is 2.18. The second-order valence-corrected chi connectivity index (χ2v) is 8.11. The predicted octanol–water partition coefficient (Wildman–Crippen LogP) is 6.56. The van der Waals surface area contributed by atoms with Crippen LogP contribution in [0.1, 0.15) is 16.1 Å². The highest BCUT2D eigenvalue weighted by Crippen LogP contribution is 2.30. The maximum absolute atomic E-state index is 14.4. The van der Waals surface area contributed by atoms with E-state index < -0.39 is 17.5 Å². The molecule has 1 amide bonds. The zero-order valence-electron chi connectivity index (χ0n) is 17.9. The van der Waals surface area contributed by atoms with Crippen LogP contribution in [0.3, 0.4) is 0 Å². The third kappa shape index (κ3) is 3.91. The van der Waals surface area contributed by atoms with Gasteiger partial charge in [-0.1, -0.05) is 35.4 Å². The Kier molecular flexibility index (Phi) is 5.55. The standard InChI is InChI=1S/C26H17ClF2N4O/c1-15-7-9-16(10-8-15)31-26(34)24-19(27)11-12-21(32-24)17-5-3-13-33-22(17)14-30-25(33)18-4-2-6-20(28)23(18)29/h2-14H,1H3,(H,31,34). The van der Waals surface area contributed by atoms with Gasteiger partial charge in [-0.25, -0.2) is 18.7 Å². The number of nitrogens with zero attached hydrogens (tertiary/aromatic N) is 3. The Bertz CT molecular complexity index is 1550. The number of hydrogen-bond donors (Lipinski definition) is 1. The zero-order valence-corrected chi connectivity index (χ0v) is 18.6. The smallest absolute Gasteiger partial charge is 0.275 e. The van der Waals surface area contributed by atoms with Crippen LogP contribution in [0, 0.1) is 18.6 Å². The number of halogens is 3. The van der Waals surface area contributed by atoms with Gasteiger partial charge in [-0.2, -0.15) is 0 Å². The van der Waals surface area contributed by atoms with Crippen LogP contribution in [0.15, 0.2) is 79.1 Å². The Balaban J connectivity index is 1.55. The number of rotatable bonds is 4. The van der Waals surface area contributed by atoms with Crippen molar-refractivity contribution >= 4 is 28.7 Å². The fourth-order valence-electron chi connectivity index (χ4n) is 3.69. The number of amides is 1. The van der Waals surface area contributed by atoms with Crippen molar-refractivity contribution in [1.82, 2.24) is 14.4 Å². The number of pyridine rings is 2. The molecule has 0 aliphatic carbocycles. The minimum absolute atomic E-state index is 0.0411. The Morgan fingerprint density at radius 1 is 0.971 bits per heavy atom. The van der Waals surface area contributed by atoms with E-state index in [1.54, 1.807) is 53.2 Å². The van der Waals surface area contributed by atoms with E-state index in [-0.39, 0.29) is 22.1 Å². The van der Waals surface area contributed by atoms with E-state index in [0.717, 1.165) is 11.6 Å². The molecule has 1 N–H and O–H groups in total. The Morgan fingerprint density at radius 2 is 1.74 bits per heavy atom. The summed E-state index contributed by atoms with van der Waals surface area (Å²) in [6.07, 6.45) is 3.25. The normalized spacial score (nSPS) is 11.1. The molecule has 0 bridgehead atoms. The second kappa shape index (κ2) is 8.68. The van der Waals surface area contributed by atoms with E-state index in [4.69, 9.17) is 11.6 Å². The fraction of sp³-hybridized carbons (Fsp3) is 0.0385. The summed E-state index contributed by atoms with van der Waals surface area (Å²) in [6, 6.07) is 18.2. The van der Waals surface area contributed by atoms with E-state index in [0.29, 0.717) is 22.5 Å². The quantitative estimate of drug-likeness (QED) is 0.321. The molecule has 34 heavy (non-hydrogen) atoms. The molecule has 3 heterocycles. The van der Waals surface area contributed by atoms with Gasteiger partial charge in [-0.3, -0.25) is 9.20 Å². The number of imidazole rings is 1. The van der Waals surface area contributed by atoms with Crippen molar-refractivity contribution in [2.24, 2.45) is 0 Å². The van der Waals surface area contributed by atoms with Gasteiger partial charge in [-0.15, -0.1) is 0 Å². The van der Waals surface area contributed by atoms with Crippen LogP contribution >= 0.6 is 11.6 Å². The molecule has 5 rings (SSSR count). The van der Waals surface area contributed by atoms with Crippen molar-refractivity contribution < 1.29 is 13.6 Å². The molecule has 2 aromatic carbocycles.